The monoisotopic (exact) mass is 336 g/mol. The molecule has 1 heterocycles. The van der Waals surface area contributed by atoms with Crippen LogP contribution in [0.4, 0.5) is 6.01 Å². The standard InChI is InChI=1S/C20H20N2O3/c1-3-4-7-14-10-12-15(13-11-14)18(23)22(2)20-21-17-9-6-5-8-16(17)19(24)25-20/h5-6,8-13H,3-4,7H2,1-2H3. The van der Waals surface area contributed by atoms with Crippen LogP contribution in [-0.2, 0) is 6.42 Å². The van der Waals surface area contributed by atoms with Gasteiger partial charge in [-0.25, -0.2) is 4.79 Å². The molecule has 2 aromatic carbocycles. The first-order valence-corrected chi connectivity index (χ1v) is 8.37. The first-order chi connectivity index (χ1) is 12.1. The van der Waals surface area contributed by atoms with Crippen molar-refractivity contribution in [3.05, 3.63) is 70.1 Å². The minimum atomic E-state index is -0.504. The lowest BCUT2D eigenvalue weighted by atomic mass is 10.1. The summed E-state index contributed by atoms with van der Waals surface area (Å²) in [5, 5.41) is 0.396. The van der Waals surface area contributed by atoms with Crippen LogP contribution >= 0.6 is 0 Å². The van der Waals surface area contributed by atoms with E-state index >= 15 is 0 Å². The van der Waals surface area contributed by atoms with Crippen LogP contribution in [0.3, 0.4) is 0 Å². The summed E-state index contributed by atoms with van der Waals surface area (Å²) in [6.45, 7) is 2.15. The van der Waals surface area contributed by atoms with Crippen LogP contribution < -0.4 is 10.5 Å². The van der Waals surface area contributed by atoms with Crippen LogP contribution in [0.2, 0.25) is 0 Å². The summed E-state index contributed by atoms with van der Waals surface area (Å²) in [5.41, 5.74) is 1.73. The number of hydrogen-bond acceptors (Lipinski definition) is 4. The lowest BCUT2D eigenvalue weighted by Crippen LogP contribution is -2.28. The number of hydrogen-bond donors (Lipinski definition) is 0. The number of rotatable bonds is 5. The van der Waals surface area contributed by atoms with E-state index in [0.29, 0.717) is 16.5 Å². The van der Waals surface area contributed by atoms with Gasteiger partial charge in [-0.15, -0.1) is 0 Å². The van der Waals surface area contributed by atoms with Gasteiger partial charge >= 0.3 is 11.6 Å². The minimum absolute atomic E-state index is 0.0104. The molecule has 3 aromatic rings. The van der Waals surface area contributed by atoms with Crippen molar-refractivity contribution in [1.29, 1.82) is 0 Å². The Morgan fingerprint density at radius 2 is 1.84 bits per heavy atom. The zero-order chi connectivity index (χ0) is 17.8. The minimum Gasteiger partial charge on any atom is -0.388 e. The fraction of sp³-hybridized carbons (Fsp3) is 0.250. The third-order valence-corrected chi connectivity index (χ3v) is 4.14. The number of unbranched alkanes of at least 4 members (excludes halogenated alkanes) is 1. The molecule has 0 saturated heterocycles. The molecule has 0 N–H and O–H groups in total. The molecule has 25 heavy (non-hydrogen) atoms. The molecule has 0 spiro atoms. The number of amides is 1. The maximum atomic E-state index is 12.6. The number of fused-ring (bicyclic) bond motifs is 1. The summed E-state index contributed by atoms with van der Waals surface area (Å²) < 4.78 is 5.21. The number of carbonyl (C=O) groups is 1. The lowest BCUT2D eigenvalue weighted by Gasteiger charge is -2.14. The third-order valence-electron chi connectivity index (χ3n) is 4.14. The summed E-state index contributed by atoms with van der Waals surface area (Å²) in [6, 6.07) is 14.4. The molecule has 5 nitrogen and oxygen atoms in total. The van der Waals surface area contributed by atoms with E-state index in [-0.39, 0.29) is 11.9 Å². The van der Waals surface area contributed by atoms with Crippen molar-refractivity contribution in [3.63, 3.8) is 0 Å². The highest BCUT2D eigenvalue weighted by molar-refractivity contribution is 6.04. The molecular formula is C20H20N2O3. The van der Waals surface area contributed by atoms with Crippen molar-refractivity contribution < 1.29 is 9.21 Å². The van der Waals surface area contributed by atoms with Crippen LogP contribution in [0.5, 0.6) is 0 Å². The van der Waals surface area contributed by atoms with Crippen molar-refractivity contribution in [2.24, 2.45) is 0 Å². The second-order valence-electron chi connectivity index (χ2n) is 5.97. The fourth-order valence-electron chi connectivity index (χ4n) is 2.63. The van der Waals surface area contributed by atoms with E-state index in [0.717, 1.165) is 19.3 Å². The number of para-hydroxylation sites is 1. The van der Waals surface area contributed by atoms with E-state index in [4.69, 9.17) is 4.42 Å². The molecule has 3 rings (SSSR count). The number of benzene rings is 2. The smallest absolute Gasteiger partial charge is 0.348 e. The summed E-state index contributed by atoms with van der Waals surface area (Å²) in [5.74, 6) is -0.270. The molecular weight excluding hydrogens is 316 g/mol. The van der Waals surface area contributed by atoms with E-state index < -0.39 is 5.63 Å². The van der Waals surface area contributed by atoms with Gasteiger partial charge in [-0.3, -0.25) is 9.69 Å². The van der Waals surface area contributed by atoms with Crippen molar-refractivity contribution in [2.45, 2.75) is 26.2 Å². The first-order valence-electron chi connectivity index (χ1n) is 8.37. The van der Waals surface area contributed by atoms with Gasteiger partial charge in [-0.05, 0) is 42.7 Å². The zero-order valence-corrected chi connectivity index (χ0v) is 14.4. The van der Waals surface area contributed by atoms with Crippen LogP contribution in [0.15, 0.2) is 57.7 Å². The number of aryl methyl sites for hydroxylation is 1. The molecule has 1 amide bonds. The Balaban J connectivity index is 1.86. The molecule has 0 radical (unpaired) electrons. The quantitative estimate of drug-likeness (QED) is 0.711. The van der Waals surface area contributed by atoms with Gasteiger partial charge in [0.15, 0.2) is 0 Å². The molecule has 0 aliphatic carbocycles. The maximum Gasteiger partial charge on any atom is 0.348 e. The van der Waals surface area contributed by atoms with E-state index in [1.165, 1.54) is 10.5 Å². The van der Waals surface area contributed by atoms with E-state index in [1.54, 1.807) is 43.4 Å². The Morgan fingerprint density at radius 1 is 1.12 bits per heavy atom. The highest BCUT2D eigenvalue weighted by atomic mass is 16.4. The Morgan fingerprint density at radius 3 is 2.56 bits per heavy atom. The fourth-order valence-corrected chi connectivity index (χ4v) is 2.63. The summed E-state index contributed by atoms with van der Waals surface area (Å²) >= 11 is 0. The molecule has 5 heteroatoms. The predicted molar refractivity (Wildman–Crippen MR) is 98.1 cm³/mol. The predicted octanol–water partition coefficient (Wildman–Crippen LogP) is 3.81. The largest absolute Gasteiger partial charge is 0.388 e. The number of aromatic nitrogens is 1. The van der Waals surface area contributed by atoms with Gasteiger partial charge in [0, 0.05) is 12.6 Å². The molecule has 0 bridgehead atoms. The van der Waals surface area contributed by atoms with E-state index in [2.05, 4.69) is 11.9 Å². The number of nitrogens with zero attached hydrogens (tertiary/aromatic N) is 2. The molecule has 0 unspecified atom stereocenters. The maximum absolute atomic E-state index is 12.6. The van der Waals surface area contributed by atoms with Crippen LogP contribution in [0, 0.1) is 0 Å². The lowest BCUT2D eigenvalue weighted by molar-refractivity contribution is 0.0987. The van der Waals surface area contributed by atoms with Crippen LogP contribution in [0.25, 0.3) is 10.9 Å². The summed E-state index contributed by atoms with van der Waals surface area (Å²) in [7, 11) is 1.55. The number of anilines is 1. The summed E-state index contributed by atoms with van der Waals surface area (Å²) in [6.07, 6.45) is 3.26. The molecule has 0 atom stereocenters. The van der Waals surface area contributed by atoms with Crippen molar-refractivity contribution in [3.8, 4) is 0 Å². The average molecular weight is 336 g/mol. The second kappa shape index (κ2) is 7.30. The number of carbonyl (C=O) groups excluding carboxylic acids is 1. The van der Waals surface area contributed by atoms with E-state index in [9.17, 15) is 9.59 Å². The van der Waals surface area contributed by atoms with Crippen molar-refractivity contribution >= 4 is 22.8 Å². The van der Waals surface area contributed by atoms with Gasteiger partial charge < -0.3 is 4.42 Å². The summed E-state index contributed by atoms with van der Waals surface area (Å²) in [4.78, 5) is 30.2. The Hall–Kier alpha value is -2.95. The van der Waals surface area contributed by atoms with Crippen LogP contribution in [-0.4, -0.2) is 17.9 Å². The van der Waals surface area contributed by atoms with Crippen molar-refractivity contribution in [1.82, 2.24) is 4.98 Å². The molecule has 1 aromatic heterocycles. The Labute approximate surface area is 145 Å². The van der Waals surface area contributed by atoms with Crippen LogP contribution in [0.1, 0.15) is 35.7 Å². The Bertz CT molecular complexity index is 945. The SMILES string of the molecule is CCCCc1ccc(C(=O)N(C)c2nc3ccccc3c(=O)o2)cc1. The van der Waals surface area contributed by atoms with Gasteiger partial charge in [0.1, 0.15) is 0 Å². The normalized spacial score (nSPS) is 10.8. The van der Waals surface area contributed by atoms with Crippen molar-refractivity contribution in [2.75, 3.05) is 11.9 Å². The zero-order valence-electron chi connectivity index (χ0n) is 14.4. The van der Waals surface area contributed by atoms with E-state index in [1.807, 2.05) is 12.1 Å². The highest BCUT2D eigenvalue weighted by Crippen LogP contribution is 2.16. The molecule has 0 saturated carbocycles. The van der Waals surface area contributed by atoms with Gasteiger partial charge in [0.25, 0.3) is 5.91 Å². The Kier molecular flexibility index (Phi) is 4.93. The highest BCUT2D eigenvalue weighted by Gasteiger charge is 2.18. The van der Waals surface area contributed by atoms with Gasteiger partial charge in [0.05, 0.1) is 10.9 Å². The van der Waals surface area contributed by atoms with Gasteiger partial charge in [0.2, 0.25) is 0 Å². The van der Waals surface area contributed by atoms with Gasteiger partial charge in [-0.1, -0.05) is 37.6 Å². The second-order valence-corrected chi connectivity index (χ2v) is 5.97. The topological polar surface area (TPSA) is 63.4 Å². The molecule has 0 aliphatic heterocycles. The molecule has 128 valence electrons. The average Bonchev–Trinajstić information content (AvgIpc) is 2.65. The first kappa shape index (κ1) is 16.9. The van der Waals surface area contributed by atoms with Gasteiger partial charge in [-0.2, -0.15) is 4.98 Å². The molecule has 0 aliphatic rings. The third kappa shape index (κ3) is 3.60. The molecule has 0 fully saturated rings.